The van der Waals surface area contributed by atoms with Crippen LogP contribution in [0.25, 0.3) is 0 Å². The Labute approximate surface area is 204 Å². The van der Waals surface area contributed by atoms with E-state index in [0.29, 0.717) is 12.1 Å². The highest BCUT2D eigenvalue weighted by atomic mass is 28.4. The predicted octanol–water partition coefficient (Wildman–Crippen LogP) is 7.33. The average Bonchev–Trinajstić information content (AvgIpc) is 2.63. The number of rotatable bonds is 13. The van der Waals surface area contributed by atoms with Crippen molar-refractivity contribution >= 4 is 28.6 Å². The molecule has 33 heavy (non-hydrogen) atoms. The molecule has 0 aliphatic rings. The number of aliphatic imine (C=N–C) groups is 2. The van der Waals surface area contributed by atoms with Gasteiger partial charge in [0, 0.05) is 12.2 Å². The first-order valence-electron chi connectivity index (χ1n) is 11.8. The molecule has 0 unspecified atom stereocenters. The van der Waals surface area contributed by atoms with Gasteiger partial charge >= 0.3 is 5.97 Å². The second-order valence-corrected chi connectivity index (χ2v) is 21.1. The van der Waals surface area contributed by atoms with Crippen LogP contribution in [0.5, 0.6) is 0 Å². The van der Waals surface area contributed by atoms with E-state index in [1.165, 1.54) is 12.2 Å². The lowest BCUT2D eigenvalue weighted by molar-refractivity contribution is -0.136. The molecule has 0 amide bonds. The summed E-state index contributed by atoms with van der Waals surface area (Å²) in [5, 5.41) is 0.289. The van der Waals surface area contributed by atoms with Crippen LogP contribution in [0, 0.1) is 0 Å². The lowest BCUT2D eigenvalue weighted by Gasteiger charge is -2.38. The molecule has 0 radical (unpaired) electrons. The number of hydrogen-bond acceptors (Lipinski definition) is 6. The molecule has 0 rings (SSSR count). The maximum Gasteiger partial charge on any atom is 0.332 e. The van der Waals surface area contributed by atoms with E-state index in [9.17, 15) is 4.79 Å². The van der Waals surface area contributed by atoms with Crippen LogP contribution in [-0.4, -0.2) is 48.1 Å². The standard InChI is InChI=1S/C25H48N2O4Si2/c1-13-17-29-23(28)18-22(27-19-26-20-30-32(9,10)24(3,4)5)16-14-15-21(2)31-33(11,12)25(6,7)8/h13,18,21H,1,14-17,20H2,2-12H3/b22-18+/t21-/m1/s1. The van der Waals surface area contributed by atoms with Gasteiger partial charge < -0.3 is 13.6 Å². The Bertz CT molecular complexity index is 726. The van der Waals surface area contributed by atoms with Gasteiger partial charge in [-0.05, 0) is 62.5 Å². The van der Waals surface area contributed by atoms with Crippen molar-refractivity contribution in [3.63, 3.8) is 0 Å². The Hall–Kier alpha value is -1.32. The molecule has 0 bridgehead atoms. The molecule has 0 spiro atoms. The van der Waals surface area contributed by atoms with Crippen molar-refractivity contribution in [2.75, 3.05) is 13.3 Å². The Morgan fingerprint density at radius 1 is 1.06 bits per heavy atom. The largest absolute Gasteiger partial charge is 0.458 e. The number of esters is 1. The van der Waals surface area contributed by atoms with Gasteiger partial charge in [-0.2, -0.15) is 9.98 Å². The van der Waals surface area contributed by atoms with Crippen LogP contribution in [0.4, 0.5) is 0 Å². The van der Waals surface area contributed by atoms with Gasteiger partial charge in [-0.1, -0.05) is 54.2 Å². The van der Waals surface area contributed by atoms with E-state index in [-0.39, 0.29) is 29.5 Å². The topological polar surface area (TPSA) is 69.5 Å². The molecule has 0 saturated heterocycles. The second kappa shape index (κ2) is 13.5. The van der Waals surface area contributed by atoms with E-state index in [1.54, 1.807) is 0 Å². The van der Waals surface area contributed by atoms with Gasteiger partial charge in [-0.25, -0.2) is 4.79 Å². The van der Waals surface area contributed by atoms with Crippen molar-refractivity contribution in [1.82, 2.24) is 0 Å². The summed E-state index contributed by atoms with van der Waals surface area (Å²) in [5.74, 6) is -0.446. The van der Waals surface area contributed by atoms with E-state index < -0.39 is 22.6 Å². The minimum atomic E-state index is -1.87. The van der Waals surface area contributed by atoms with Crippen LogP contribution in [-0.2, 0) is 18.4 Å². The van der Waals surface area contributed by atoms with Crippen LogP contribution >= 0.6 is 0 Å². The molecule has 0 aliphatic heterocycles. The average molecular weight is 497 g/mol. The quantitative estimate of drug-likeness (QED) is 0.0879. The van der Waals surface area contributed by atoms with Crippen molar-refractivity contribution in [2.45, 2.75) is 110 Å². The first-order valence-corrected chi connectivity index (χ1v) is 17.7. The number of allylic oxidation sites excluding steroid dienone is 1. The highest BCUT2D eigenvalue weighted by molar-refractivity contribution is 6.74. The molecule has 6 nitrogen and oxygen atoms in total. The normalized spacial score (nSPS) is 14.3. The molecular formula is C25H48N2O4Si2. The fraction of sp³-hybridized carbons (Fsp3) is 0.760. The third-order valence-corrected chi connectivity index (χ3v) is 15.6. The summed E-state index contributed by atoms with van der Waals surface area (Å²) in [7, 11) is -3.68. The Morgan fingerprint density at radius 2 is 1.64 bits per heavy atom. The third kappa shape index (κ3) is 12.6. The zero-order valence-electron chi connectivity index (χ0n) is 23.0. The van der Waals surface area contributed by atoms with E-state index in [0.717, 1.165) is 12.8 Å². The Morgan fingerprint density at radius 3 is 2.15 bits per heavy atom. The minimum Gasteiger partial charge on any atom is -0.458 e. The molecule has 190 valence electrons. The summed E-state index contributed by atoms with van der Waals surface area (Å²) in [4.78, 5) is 20.5. The van der Waals surface area contributed by atoms with Gasteiger partial charge in [0.05, 0.1) is 11.7 Å². The summed E-state index contributed by atoms with van der Waals surface area (Å²) in [6.45, 7) is 28.2. The number of carbonyl (C=O) groups is 1. The fourth-order valence-electron chi connectivity index (χ4n) is 2.33. The molecule has 0 fully saturated rings. The molecule has 0 heterocycles. The predicted molar refractivity (Wildman–Crippen MR) is 144 cm³/mol. The number of nitrogens with zero attached hydrogens (tertiary/aromatic N) is 2. The molecule has 0 aromatic rings. The summed E-state index contributed by atoms with van der Waals surface area (Å²) in [5.41, 5.74) is 0.583. The molecular weight excluding hydrogens is 448 g/mol. The molecule has 1 atom stereocenters. The highest BCUT2D eigenvalue weighted by Gasteiger charge is 2.38. The molecule has 0 saturated carbocycles. The molecule has 8 heteroatoms. The van der Waals surface area contributed by atoms with Crippen LogP contribution < -0.4 is 0 Å². The van der Waals surface area contributed by atoms with Crippen LogP contribution in [0.2, 0.25) is 36.3 Å². The number of carbonyl (C=O) groups excluding carboxylic acids is 1. The summed E-state index contributed by atoms with van der Waals surface area (Å²) < 4.78 is 17.5. The molecule has 0 aliphatic carbocycles. The number of ether oxygens (including phenoxy) is 1. The van der Waals surface area contributed by atoms with Gasteiger partial charge in [0.1, 0.15) is 13.3 Å². The van der Waals surface area contributed by atoms with E-state index >= 15 is 0 Å². The van der Waals surface area contributed by atoms with Crippen molar-refractivity contribution in [2.24, 2.45) is 9.98 Å². The van der Waals surface area contributed by atoms with E-state index in [4.69, 9.17) is 13.6 Å². The summed E-state index contributed by atoms with van der Waals surface area (Å²) in [6, 6.07) is 2.69. The maximum atomic E-state index is 12.0. The minimum absolute atomic E-state index is 0.114. The Balaban J connectivity index is 5.09. The summed E-state index contributed by atoms with van der Waals surface area (Å²) in [6.07, 6.45) is 5.42. The SMILES string of the molecule is C=CCOC(=O)/C=C(\CCC[C@@H](C)O[Si](C)(C)C(C)(C)C)N=C=NCO[Si](C)(C)C(C)(C)C. The lowest BCUT2D eigenvalue weighted by atomic mass is 10.1. The van der Waals surface area contributed by atoms with E-state index in [2.05, 4.69) is 97.2 Å². The first-order chi connectivity index (χ1) is 14.9. The van der Waals surface area contributed by atoms with Gasteiger partial charge in [-0.15, -0.1) is 0 Å². The first kappa shape index (κ1) is 31.7. The lowest BCUT2D eigenvalue weighted by Crippen LogP contribution is -2.43. The van der Waals surface area contributed by atoms with Crippen molar-refractivity contribution in [3.8, 4) is 0 Å². The monoisotopic (exact) mass is 496 g/mol. The van der Waals surface area contributed by atoms with E-state index in [1.807, 2.05) is 0 Å². The molecule has 0 N–H and O–H groups in total. The van der Waals surface area contributed by atoms with Crippen molar-refractivity contribution < 1.29 is 18.4 Å². The van der Waals surface area contributed by atoms with Gasteiger partial charge in [0.2, 0.25) is 0 Å². The van der Waals surface area contributed by atoms with Gasteiger partial charge in [0.15, 0.2) is 16.6 Å². The van der Waals surface area contributed by atoms with Crippen molar-refractivity contribution in [1.29, 1.82) is 0 Å². The van der Waals surface area contributed by atoms with Gasteiger partial charge in [0.25, 0.3) is 0 Å². The second-order valence-electron chi connectivity index (χ2n) is 11.5. The Kier molecular flexibility index (Phi) is 13.0. The highest BCUT2D eigenvalue weighted by Crippen LogP contribution is 2.38. The third-order valence-electron chi connectivity index (χ3n) is 6.53. The number of hydrogen-bond donors (Lipinski definition) is 0. The zero-order chi connectivity index (χ0) is 25.9. The molecule has 0 aromatic heterocycles. The maximum absolute atomic E-state index is 12.0. The molecule has 0 aromatic carbocycles. The van der Waals surface area contributed by atoms with Crippen molar-refractivity contribution in [3.05, 3.63) is 24.4 Å². The van der Waals surface area contributed by atoms with Gasteiger partial charge in [-0.3, -0.25) is 0 Å². The van der Waals surface area contributed by atoms with Crippen LogP contribution in [0.3, 0.4) is 0 Å². The zero-order valence-corrected chi connectivity index (χ0v) is 25.0. The van der Waals surface area contributed by atoms with Crippen LogP contribution in [0.15, 0.2) is 34.4 Å². The smallest absolute Gasteiger partial charge is 0.332 e. The summed E-state index contributed by atoms with van der Waals surface area (Å²) >= 11 is 0. The van der Waals surface area contributed by atoms with Crippen LogP contribution in [0.1, 0.15) is 67.7 Å². The fourth-order valence-corrected chi connectivity index (χ4v) is 4.62.